The van der Waals surface area contributed by atoms with Crippen LogP contribution in [0.2, 0.25) is 0 Å². The van der Waals surface area contributed by atoms with E-state index in [1.807, 2.05) is 12.1 Å². The number of amides is 2. The van der Waals surface area contributed by atoms with Crippen molar-refractivity contribution in [1.29, 1.82) is 0 Å². The Morgan fingerprint density at radius 3 is 2.39 bits per heavy atom. The monoisotopic (exact) mass is 375 g/mol. The number of para-hydroxylation sites is 2. The van der Waals surface area contributed by atoms with Crippen LogP contribution in [-0.4, -0.2) is 29.5 Å². The molecule has 0 saturated heterocycles. The molecule has 0 aliphatic carbocycles. The lowest BCUT2D eigenvalue weighted by atomic mass is 10.2. The van der Waals surface area contributed by atoms with Gasteiger partial charge in [0.25, 0.3) is 11.8 Å². The number of pyridine rings is 1. The van der Waals surface area contributed by atoms with Crippen LogP contribution in [0.3, 0.4) is 0 Å². The van der Waals surface area contributed by atoms with E-state index in [1.165, 1.54) is 0 Å². The third-order valence-electron chi connectivity index (χ3n) is 4.13. The average Bonchev–Trinajstić information content (AvgIpc) is 2.74. The highest BCUT2D eigenvalue weighted by molar-refractivity contribution is 6.04. The molecule has 0 spiro atoms. The molecule has 2 aromatic carbocycles. The van der Waals surface area contributed by atoms with E-state index in [-0.39, 0.29) is 18.4 Å². The highest BCUT2D eigenvalue weighted by Crippen LogP contribution is 2.31. The number of benzene rings is 2. The summed E-state index contributed by atoms with van der Waals surface area (Å²) < 4.78 is 11.3. The Kier molecular flexibility index (Phi) is 4.88. The second-order valence-corrected chi connectivity index (χ2v) is 6.12. The van der Waals surface area contributed by atoms with Crippen LogP contribution in [0.25, 0.3) is 0 Å². The molecule has 2 heterocycles. The van der Waals surface area contributed by atoms with Gasteiger partial charge in [0, 0.05) is 29.3 Å². The summed E-state index contributed by atoms with van der Waals surface area (Å²) in [5.41, 5.74) is 1.60. The number of carbonyl (C=O) groups excluding carboxylic acids is 2. The van der Waals surface area contributed by atoms with Crippen molar-refractivity contribution >= 4 is 23.2 Å². The molecule has 7 heteroatoms. The second kappa shape index (κ2) is 7.79. The van der Waals surface area contributed by atoms with Crippen LogP contribution in [0.4, 0.5) is 11.4 Å². The molecule has 0 bridgehead atoms. The number of carbonyl (C=O) groups is 2. The zero-order valence-corrected chi connectivity index (χ0v) is 14.8. The molecule has 0 fully saturated rings. The molecule has 0 saturated carbocycles. The standard InChI is InChI=1S/C21H17N3O4/c25-20(14-8-10-22-11-9-14)23-15-4-3-5-16(12-15)24-21(26)19-13-27-17-6-1-2-7-18(17)28-19/h1-12,19H,13H2,(H,23,25)(H,24,26). The minimum atomic E-state index is -0.759. The second-order valence-electron chi connectivity index (χ2n) is 6.12. The zero-order valence-electron chi connectivity index (χ0n) is 14.8. The Hall–Kier alpha value is -3.87. The lowest BCUT2D eigenvalue weighted by molar-refractivity contribution is -0.125. The van der Waals surface area contributed by atoms with Gasteiger partial charge < -0.3 is 20.1 Å². The third-order valence-corrected chi connectivity index (χ3v) is 4.13. The van der Waals surface area contributed by atoms with Gasteiger partial charge in [0.05, 0.1) is 0 Å². The summed E-state index contributed by atoms with van der Waals surface area (Å²) in [4.78, 5) is 28.7. The van der Waals surface area contributed by atoms with Gasteiger partial charge in [-0.3, -0.25) is 14.6 Å². The van der Waals surface area contributed by atoms with Crippen LogP contribution in [0.15, 0.2) is 73.1 Å². The molecular formula is C21H17N3O4. The Bertz CT molecular complexity index is 1010. The van der Waals surface area contributed by atoms with Crippen molar-refractivity contribution < 1.29 is 19.1 Å². The normalized spacial score (nSPS) is 14.8. The molecule has 1 aliphatic heterocycles. The Morgan fingerprint density at radius 2 is 1.61 bits per heavy atom. The maximum Gasteiger partial charge on any atom is 0.269 e. The number of hydrogen-bond donors (Lipinski definition) is 2. The van der Waals surface area contributed by atoms with Crippen molar-refractivity contribution in [2.75, 3.05) is 17.2 Å². The maximum absolute atomic E-state index is 12.5. The summed E-state index contributed by atoms with van der Waals surface area (Å²) in [5, 5.41) is 5.58. The number of fused-ring (bicyclic) bond motifs is 1. The first kappa shape index (κ1) is 17.5. The van der Waals surface area contributed by atoms with Gasteiger partial charge in [0.2, 0.25) is 6.10 Å². The lowest BCUT2D eigenvalue weighted by Crippen LogP contribution is -2.40. The summed E-state index contributed by atoms with van der Waals surface area (Å²) in [5.74, 6) is 0.568. The van der Waals surface area contributed by atoms with Gasteiger partial charge in [0.15, 0.2) is 11.5 Å². The predicted molar refractivity (Wildman–Crippen MR) is 104 cm³/mol. The first-order valence-electron chi connectivity index (χ1n) is 8.70. The molecule has 140 valence electrons. The fourth-order valence-electron chi connectivity index (χ4n) is 2.75. The Balaban J connectivity index is 1.41. The molecule has 4 rings (SSSR count). The number of anilines is 2. The number of hydrogen-bond acceptors (Lipinski definition) is 5. The van der Waals surface area contributed by atoms with E-state index >= 15 is 0 Å². The third kappa shape index (κ3) is 3.93. The molecule has 1 aliphatic rings. The Morgan fingerprint density at radius 1 is 0.893 bits per heavy atom. The molecule has 0 radical (unpaired) electrons. The van der Waals surface area contributed by atoms with Gasteiger partial charge in [-0.05, 0) is 42.5 Å². The number of nitrogens with zero attached hydrogens (tertiary/aromatic N) is 1. The van der Waals surface area contributed by atoms with Crippen molar-refractivity contribution in [3.63, 3.8) is 0 Å². The molecule has 7 nitrogen and oxygen atoms in total. The summed E-state index contributed by atoms with van der Waals surface area (Å²) in [6, 6.07) is 17.3. The Labute approximate surface area is 161 Å². The van der Waals surface area contributed by atoms with Crippen molar-refractivity contribution in [2.45, 2.75) is 6.10 Å². The molecule has 1 atom stereocenters. The minimum Gasteiger partial charge on any atom is -0.485 e. The van der Waals surface area contributed by atoms with Gasteiger partial charge in [-0.2, -0.15) is 0 Å². The minimum absolute atomic E-state index is 0.126. The van der Waals surface area contributed by atoms with E-state index in [0.29, 0.717) is 28.4 Å². The average molecular weight is 375 g/mol. The SMILES string of the molecule is O=C(Nc1cccc(NC(=O)C2COc3ccccc3O2)c1)c1ccncc1. The van der Waals surface area contributed by atoms with Crippen molar-refractivity contribution in [3.8, 4) is 11.5 Å². The predicted octanol–water partition coefficient (Wildman–Crippen LogP) is 3.11. The summed E-state index contributed by atoms with van der Waals surface area (Å²) in [6.07, 6.45) is 2.34. The van der Waals surface area contributed by atoms with Crippen molar-refractivity contribution in [1.82, 2.24) is 4.98 Å². The van der Waals surface area contributed by atoms with Crippen molar-refractivity contribution in [3.05, 3.63) is 78.6 Å². The highest BCUT2D eigenvalue weighted by Gasteiger charge is 2.27. The highest BCUT2D eigenvalue weighted by atomic mass is 16.6. The van der Waals surface area contributed by atoms with Crippen LogP contribution in [0.5, 0.6) is 11.5 Å². The van der Waals surface area contributed by atoms with Gasteiger partial charge in [-0.25, -0.2) is 0 Å². The number of nitrogens with one attached hydrogen (secondary N) is 2. The molecular weight excluding hydrogens is 358 g/mol. The zero-order chi connectivity index (χ0) is 19.3. The topological polar surface area (TPSA) is 89.6 Å². The van der Waals surface area contributed by atoms with Gasteiger partial charge in [-0.1, -0.05) is 18.2 Å². The summed E-state index contributed by atoms with van der Waals surface area (Å²) in [7, 11) is 0. The fourth-order valence-corrected chi connectivity index (χ4v) is 2.75. The van der Waals surface area contributed by atoms with Crippen LogP contribution in [-0.2, 0) is 4.79 Å². The van der Waals surface area contributed by atoms with Crippen LogP contribution >= 0.6 is 0 Å². The number of ether oxygens (including phenoxy) is 2. The van der Waals surface area contributed by atoms with Crippen LogP contribution < -0.4 is 20.1 Å². The quantitative estimate of drug-likeness (QED) is 0.731. The summed E-state index contributed by atoms with van der Waals surface area (Å²) >= 11 is 0. The van der Waals surface area contributed by atoms with Gasteiger partial charge in [0.1, 0.15) is 6.61 Å². The summed E-state index contributed by atoms with van der Waals surface area (Å²) in [6.45, 7) is 0.126. The molecule has 1 unspecified atom stereocenters. The maximum atomic E-state index is 12.5. The van der Waals surface area contributed by atoms with Crippen molar-refractivity contribution in [2.24, 2.45) is 0 Å². The van der Waals surface area contributed by atoms with E-state index in [0.717, 1.165) is 0 Å². The molecule has 1 aromatic heterocycles. The number of rotatable bonds is 4. The van der Waals surface area contributed by atoms with E-state index in [1.54, 1.807) is 60.9 Å². The van der Waals surface area contributed by atoms with E-state index in [4.69, 9.17) is 9.47 Å². The van der Waals surface area contributed by atoms with Crippen LogP contribution in [0, 0.1) is 0 Å². The largest absolute Gasteiger partial charge is 0.485 e. The van der Waals surface area contributed by atoms with Gasteiger partial charge in [-0.15, -0.1) is 0 Å². The molecule has 2 amide bonds. The van der Waals surface area contributed by atoms with E-state index in [2.05, 4.69) is 15.6 Å². The van der Waals surface area contributed by atoms with E-state index in [9.17, 15) is 9.59 Å². The molecule has 28 heavy (non-hydrogen) atoms. The molecule has 3 aromatic rings. The van der Waals surface area contributed by atoms with Crippen LogP contribution in [0.1, 0.15) is 10.4 Å². The first-order chi connectivity index (χ1) is 13.7. The lowest BCUT2D eigenvalue weighted by Gasteiger charge is -2.25. The number of aromatic nitrogens is 1. The van der Waals surface area contributed by atoms with Gasteiger partial charge >= 0.3 is 0 Å². The molecule has 2 N–H and O–H groups in total. The van der Waals surface area contributed by atoms with E-state index < -0.39 is 6.10 Å². The fraction of sp³-hybridized carbons (Fsp3) is 0.0952. The first-order valence-corrected chi connectivity index (χ1v) is 8.70. The smallest absolute Gasteiger partial charge is 0.269 e.